The average molecular weight is 305 g/mol. The van der Waals surface area contributed by atoms with E-state index in [-0.39, 0.29) is 17.2 Å². The lowest BCUT2D eigenvalue weighted by atomic mass is 10.0. The van der Waals surface area contributed by atoms with E-state index in [1.165, 1.54) is 19.2 Å². The van der Waals surface area contributed by atoms with E-state index in [0.29, 0.717) is 5.69 Å². The van der Waals surface area contributed by atoms with Crippen LogP contribution in [0.3, 0.4) is 0 Å². The number of para-hydroxylation sites is 1. The van der Waals surface area contributed by atoms with Gasteiger partial charge in [0.25, 0.3) is 11.5 Å². The molecule has 3 aromatic rings. The fraction of sp³-hybridized carbons (Fsp3) is 0.0556. The van der Waals surface area contributed by atoms with Crippen LogP contribution in [-0.2, 0) is 7.05 Å². The van der Waals surface area contributed by atoms with Gasteiger partial charge >= 0.3 is 0 Å². The molecule has 0 aliphatic carbocycles. The number of benzene rings is 2. The minimum atomic E-state index is -0.357. The first-order chi connectivity index (χ1) is 11.1. The van der Waals surface area contributed by atoms with E-state index in [2.05, 4.69) is 10.4 Å². The van der Waals surface area contributed by atoms with Gasteiger partial charge in [0.2, 0.25) is 0 Å². The van der Waals surface area contributed by atoms with Crippen molar-refractivity contribution < 1.29 is 4.79 Å². The number of amides is 1. The molecular formula is C18H15N3O2. The Bertz CT molecular complexity index is 901. The third-order valence-electron chi connectivity index (χ3n) is 3.45. The van der Waals surface area contributed by atoms with Crippen molar-refractivity contribution in [2.75, 3.05) is 5.32 Å². The Morgan fingerprint density at radius 2 is 1.65 bits per heavy atom. The van der Waals surface area contributed by atoms with E-state index in [1.54, 1.807) is 0 Å². The highest BCUT2D eigenvalue weighted by Gasteiger charge is 2.12. The summed E-state index contributed by atoms with van der Waals surface area (Å²) in [5.41, 5.74) is 2.56. The van der Waals surface area contributed by atoms with Crippen molar-refractivity contribution in [1.29, 1.82) is 0 Å². The van der Waals surface area contributed by atoms with Crippen molar-refractivity contribution in [3.8, 4) is 11.1 Å². The Morgan fingerprint density at radius 3 is 2.39 bits per heavy atom. The van der Waals surface area contributed by atoms with E-state index >= 15 is 0 Å². The quantitative estimate of drug-likeness (QED) is 0.809. The first-order valence-corrected chi connectivity index (χ1v) is 7.15. The van der Waals surface area contributed by atoms with Gasteiger partial charge in [0.1, 0.15) is 5.69 Å². The number of hydrogen-bond acceptors (Lipinski definition) is 3. The minimum Gasteiger partial charge on any atom is -0.320 e. The predicted octanol–water partition coefficient (Wildman–Crippen LogP) is 2.70. The smallest absolute Gasteiger partial charge is 0.276 e. The highest BCUT2D eigenvalue weighted by Crippen LogP contribution is 2.27. The van der Waals surface area contributed by atoms with E-state index in [1.807, 2.05) is 54.6 Å². The second-order valence-corrected chi connectivity index (χ2v) is 5.05. The van der Waals surface area contributed by atoms with Crippen LogP contribution in [0.1, 0.15) is 10.5 Å². The lowest BCUT2D eigenvalue weighted by molar-refractivity contribution is 0.102. The SMILES string of the molecule is Cn1nc(C(=O)Nc2ccccc2-c2ccccc2)ccc1=O. The zero-order valence-corrected chi connectivity index (χ0v) is 12.6. The summed E-state index contributed by atoms with van der Waals surface area (Å²) in [6.45, 7) is 0. The van der Waals surface area contributed by atoms with Crippen LogP contribution in [0.5, 0.6) is 0 Å². The van der Waals surface area contributed by atoms with Gasteiger partial charge < -0.3 is 5.32 Å². The largest absolute Gasteiger partial charge is 0.320 e. The molecule has 0 aliphatic heterocycles. The Labute approximate surface area is 133 Å². The second-order valence-electron chi connectivity index (χ2n) is 5.05. The summed E-state index contributed by atoms with van der Waals surface area (Å²) in [4.78, 5) is 23.7. The van der Waals surface area contributed by atoms with Gasteiger partial charge in [-0.15, -0.1) is 0 Å². The molecule has 114 valence electrons. The number of carbonyl (C=O) groups is 1. The van der Waals surface area contributed by atoms with Crippen LogP contribution in [0.25, 0.3) is 11.1 Å². The first kappa shape index (κ1) is 14.7. The molecule has 1 N–H and O–H groups in total. The molecule has 23 heavy (non-hydrogen) atoms. The fourth-order valence-corrected chi connectivity index (χ4v) is 2.27. The summed E-state index contributed by atoms with van der Waals surface area (Å²) in [6.07, 6.45) is 0. The number of aromatic nitrogens is 2. The summed E-state index contributed by atoms with van der Waals surface area (Å²) < 4.78 is 1.14. The van der Waals surface area contributed by atoms with Gasteiger partial charge in [0, 0.05) is 24.4 Å². The molecule has 0 atom stereocenters. The summed E-state index contributed by atoms with van der Waals surface area (Å²) in [5, 5.41) is 6.82. The molecule has 0 bridgehead atoms. The van der Waals surface area contributed by atoms with Crippen LogP contribution < -0.4 is 10.9 Å². The predicted molar refractivity (Wildman–Crippen MR) is 89.3 cm³/mol. The minimum absolute atomic E-state index is 0.190. The van der Waals surface area contributed by atoms with Gasteiger partial charge in [-0.2, -0.15) is 5.10 Å². The molecule has 0 saturated carbocycles. The van der Waals surface area contributed by atoms with Crippen LogP contribution in [0.4, 0.5) is 5.69 Å². The molecule has 0 saturated heterocycles. The second kappa shape index (κ2) is 6.27. The Kier molecular flexibility index (Phi) is 4.01. The molecule has 0 fully saturated rings. The van der Waals surface area contributed by atoms with Crippen LogP contribution in [0.15, 0.2) is 71.5 Å². The van der Waals surface area contributed by atoms with Crippen molar-refractivity contribution >= 4 is 11.6 Å². The Hall–Kier alpha value is -3.21. The zero-order chi connectivity index (χ0) is 16.2. The molecule has 3 rings (SSSR count). The molecule has 1 aromatic heterocycles. The summed E-state index contributed by atoms with van der Waals surface area (Å²) >= 11 is 0. The van der Waals surface area contributed by atoms with Gasteiger partial charge in [0.05, 0.1) is 0 Å². The third kappa shape index (κ3) is 3.18. The van der Waals surface area contributed by atoms with Crippen molar-refractivity contribution in [3.63, 3.8) is 0 Å². The lowest BCUT2D eigenvalue weighted by Gasteiger charge is -2.11. The number of nitrogens with one attached hydrogen (secondary N) is 1. The number of aryl methyl sites for hydroxylation is 1. The lowest BCUT2D eigenvalue weighted by Crippen LogP contribution is -2.23. The maximum Gasteiger partial charge on any atom is 0.276 e. The molecule has 0 unspecified atom stereocenters. The van der Waals surface area contributed by atoms with E-state index in [9.17, 15) is 9.59 Å². The molecule has 1 heterocycles. The number of rotatable bonds is 3. The van der Waals surface area contributed by atoms with Crippen molar-refractivity contribution in [2.45, 2.75) is 0 Å². The molecule has 0 spiro atoms. The molecule has 5 heteroatoms. The summed E-state index contributed by atoms with van der Waals surface area (Å²) in [6, 6.07) is 20.1. The van der Waals surface area contributed by atoms with E-state index in [0.717, 1.165) is 15.8 Å². The average Bonchev–Trinajstić information content (AvgIpc) is 2.58. The normalized spacial score (nSPS) is 10.3. The van der Waals surface area contributed by atoms with Crippen molar-refractivity contribution in [3.05, 3.63) is 82.8 Å². The van der Waals surface area contributed by atoms with Crippen molar-refractivity contribution in [2.24, 2.45) is 7.05 Å². The van der Waals surface area contributed by atoms with Crippen LogP contribution in [0, 0.1) is 0 Å². The maximum absolute atomic E-state index is 12.4. The summed E-state index contributed by atoms with van der Waals surface area (Å²) in [7, 11) is 1.51. The van der Waals surface area contributed by atoms with Gasteiger partial charge in [-0.05, 0) is 17.7 Å². The number of anilines is 1. The summed E-state index contributed by atoms with van der Waals surface area (Å²) in [5.74, 6) is -0.357. The highest BCUT2D eigenvalue weighted by molar-refractivity contribution is 6.04. The topological polar surface area (TPSA) is 64.0 Å². The third-order valence-corrected chi connectivity index (χ3v) is 3.45. The first-order valence-electron chi connectivity index (χ1n) is 7.15. The monoisotopic (exact) mass is 305 g/mol. The van der Waals surface area contributed by atoms with E-state index < -0.39 is 0 Å². The van der Waals surface area contributed by atoms with Crippen molar-refractivity contribution in [1.82, 2.24) is 9.78 Å². The van der Waals surface area contributed by atoms with Gasteiger partial charge in [-0.3, -0.25) is 9.59 Å². The highest BCUT2D eigenvalue weighted by atomic mass is 16.2. The fourth-order valence-electron chi connectivity index (χ4n) is 2.27. The molecule has 0 radical (unpaired) electrons. The van der Waals surface area contributed by atoms with Crippen LogP contribution >= 0.6 is 0 Å². The van der Waals surface area contributed by atoms with Crippen LogP contribution in [0.2, 0.25) is 0 Å². The molecule has 5 nitrogen and oxygen atoms in total. The molecule has 0 aliphatic rings. The number of carbonyl (C=O) groups excluding carboxylic acids is 1. The maximum atomic E-state index is 12.4. The Morgan fingerprint density at radius 1 is 0.957 bits per heavy atom. The molecular weight excluding hydrogens is 290 g/mol. The van der Waals surface area contributed by atoms with Gasteiger partial charge in [-0.1, -0.05) is 48.5 Å². The number of nitrogens with zero attached hydrogens (tertiary/aromatic N) is 2. The Balaban J connectivity index is 1.93. The van der Waals surface area contributed by atoms with E-state index in [4.69, 9.17) is 0 Å². The van der Waals surface area contributed by atoms with Crippen LogP contribution in [-0.4, -0.2) is 15.7 Å². The molecule has 1 amide bonds. The zero-order valence-electron chi connectivity index (χ0n) is 12.6. The van der Waals surface area contributed by atoms with Gasteiger partial charge in [-0.25, -0.2) is 4.68 Å². The molecule has 2 aromatic carbocycles. The number of hydrogen-bond donors (Lipinski definition) is 1. The van der Waals surface area contributed by atoms with Gasteiger partial charge in [0.15, 0.2) is 0 Å². The standard InChI is InChI=1S/C18H15N3O2/c1-21-17(22)12-11-16(20-21)18(23)19-15-10-6-5-9-14(15)13-7-3-2-4-8-13/h2-12H,1H3,(H,19,23).